The van der Waals surface area contributed by atoms with Crippen LogP contribution in [0.1, 0.15) is 30.8 Å². The Kier molecular flexibility index (Phi) is 2.75. The van der Waals surface area contributed by atoms with Crippen LogP contribution >= 0.6 is 0 Å². The highest BCUT2D eigenvalue weighted by Gasteiger charge is 2.16. The summed E-state index contributed by atoms with van der Waals surface area (Å²) in [5, 5.41) is 7.21. The van der Waals surface area contributed by atoms with Gasteiger partial charge in [-0.1, -0.05) is 5.21 Å². The van der Waals surface area contributed by atoms with Crippen molar-refractivity contribution in [1.82, 2.24) is 15.0 Å². The standard InChI is InChI=1S/C8H12FN3O/c1-8(2,9)3-4-12-7(6-13)5-10-11-12/h5-6H,3-4H2,1-2H3. The van der Waals surface area contributed by atoms with Crippen LogP contribution in [0.4, 0.5) is 4.39 Å². The van der Waals surface area contributed by atoms with E-state index in [9.17, 15) is 9.18 Å². The van der Waals surface area contributed by atoms with E-state index in [1.807, 2.05) is 0 Å². The van der Waals surface area contributed by atoms with Crippen molar-refractivity contribution in [2.24, 2.45) is 0 Å². The molecule has 1 heterocycles. The molecule has 1 rings (SSSR count). The first-order chi connectivity index (χ1) is 6.03. The summed E-state index contributed by atoms with van der Waals surface area (Å²) in [7, 11) is 0. The van der Waals surface area contributed by atoms with E-state index in [1.165, 1.54) is 24.7 Å². The molecular formula is C8H12FN3O. The lowest BCUT2D eigenvalue weighted by Gasteiger charge is -2.13. The van der Waals surface area contributed by atoms with Crippen LogP contribution in [0.15, 0.2) is 6.20 Å². The van der Waals surface area contributed by atoms with Gasteiger partial charge in [0.15, 0.2) is 6.29 Å². The number of carbonyl (C=O) groups is 1. The van der Waals surface area contributed by atoms with Gasteiger partial charge < -0.3 is 0 Å². The highest BCUT2D eigenvalue weighted by atomic mass is 19.1. The van der Waals surface area contributed by atoms with Gasteiger partial charge in [-0.05, 0) is 13.8 Å². The van der Waals surface area contributed by atoms with Crippen molar-refractivity contribution < 1.29 is 9.18 Å². The number of halogens is 1. The van der Waals surface area contributed by atoms with Crippen molar-refractivity contribution in [3.63, 3.8) is 0 Å². The maximum absolute atomic E-state index is 13.1. The lowest BCUT2D eigenvalue weighted by Crippen LogP contribution is -2.17. The highest BCUT2D eigenvalue weighted by molar-refractivity contribution is 5.71. The van der Waals surface area contributed by atoms with Gasteiger partial charge in [0.1, 0.15) is 11.4 Å². The Balaban J connectivity index is 2.59. The van der Waals surface area contributed by atoms with Gasteiger partial charge in [-0.15, -0.1) is 5.10 Å². The molecule has 4 nitrogen and oxygen atoms in total. The molecule has 1 aromatic heterocycles. The SMILES string of the molecule is CC(C)(F)CCn1nncc1C=O. The largest absolute Gasteiger partial charge is 0.296 e. The van der Waals surface area contributed by atoms with Crippen LogP contribution < -0.4 is 0 Å². The van der Waals surface area contributed by atoms with E-state index in [2.05, 4.69) is 10.3 Å². The summed E-state index contributed by atoms with van der Waals surface area (Å²) >= 11 is 0. The topological polar surface area (TPSA) is 47.8 Å². The van der Waals surface area contributed by atoms with Crippen molar-refractivity contribution >= 4 is 6.29 Å². The molecule has 0 aliphatic heterocycles. The lowest BCUT2D eigenvalue weighted by molar-refractivity contribution is 0.111. The second-order valence-electron chi connectivity index (χ2n) is 3.47. The fourth-order valence-electron chi connectivity index (χ4n) is 0.902. The van der Waals surface area contributed by atoms with Gasteiger partial charge in [0.2, 0.25) is 0 Å². The quantitative estimate of drug-likeness (QED) is 0.663. The summed E-state index contributed by atoms with van der Waals surface area (Å²) in [6.07, 6.45) is 2.33. The molecule has 0 unspecified atom stereocenters. The van der Waals surface area contributed by atoms with Gasteiger partial charge in [-0.3, -0.25) is 4.79 Å². The van der Waals surface area contributed by atoms with Crippen LogP contribution in [-0.4, -0.2) is 26.9 Å². The maximum Gasteiger partial charge on any atom is 0.169 e. The van der Waals surface area contributed by atoms with Gasteiger partial charge in [0.25, 0.3) is 0 Å². The van der Waals surface area contributed by atoms with Gasteiger partial charge in [-0.2, -0.15) is 0 Å². The Morgan fingerprint density at radius 3 is 2.92 bits per heavy atom. The Bertz CT molecular complexity index is 290. The van der Waals surface area contributed by atoms with Crippen molar-refractivity contribution in [3.8, 4) is 0 Å². The normalized spacial score (nSPS) is 11.6. The number of carbonyl (C=O) groups excluding carboxylic acids is 1. The molecule has 13 heavy (non-hydrogen) atoms. The summed E-state index contributed by atoms with van der Waals surface area (Å²) in [5.41, 5.74) is -0.865. The Morgan fingerprint density at radius 1 is 1.69 bits per heavy atom. The van der Waals surface area contributed by atoms with E-state index in [1.54, 1.807) is 0 Å². The van der Waals surface area contributed by atoms with E-state index in [-0.39, 0.29) is 0 Å². The summed E-state index contributed by atoms with van der Waals surface area (Å²) in [5.74, 6) is 0. The van der Waals surface area contributed by atoms with Crippen LogP contribution in [0.25, 0.3) is 0 Å². The second-order valence-corrected chi connectivity index (χ2v) is 3.47. The van der Waals surface area contributed by atoms with Gasteiger partial charge >= 0.3 is 0 Å². The Morgan fingerprint density at radius 2 is 2.38 bits per heavy atom. The minimum Gasteiger partial charge on any atom is -0.296 e. The molecule has 0 saturated carbocycles. The molecule has 0 fully saturated rings. The Hall–Kier alpha value is -1.26. The number of hydrogen-bond donors (Lipinski definition) is 0. The molecule has 0 aliphatic rings. The van der Waals surface area contributed by atoms with Crippen molar-refractivity contribution in [2.75, 3.05) is 0 Å². The average Bonchev–Trinajstić information content (AvgIpc) is 2.46. The van der Waals surface area contributed by atoms with Gasteiger partial charge in [0, 0.05) is 13.0 Å². The number of aldehydes is 1. The molecule has 0 bridgehead atoms. The van der Waals surface area contributed by atoms with Crippen LogP contribution in [-0.2, 0) is 6.54 Å². The van der Waals surface area contributed by atoms with Crippen LogP contribution in [0, 0.1) is 0 Å². The fourth-order valence-corrected chi connectivity index (χ4v) is 0.902. The highest BCUT2D eigenvalue weighted by Crippen LogP contribution is 2.14. The molecule has 0 saturated heterocycles. The zero-order valence-electron chi connectivity index (χ0n) is 7.70. The van der Waals surface area contributed by atoms with Crippen molar-refractivity contribution in [1.29, 1.82) is 0 Å². The molecule has 0 atom stereocenters. The molecule has 0 N–H and O–H groups in total. The predicted molar refractivity (Wildman–Crippen MR) is 45.2 cm³/mol. The minimum atomic E-state index is -1.24. The minimum absolute atomic E-state index is 0.317. The third kappa shape index (κ3) is 2.93. The zero-order valence-corrected chi connectivity index (χ0v) is 7.70. The predicted octanol–water partition coefficient (Wildman–Crippen LogP) is 1.23. The molecule has 0 amide bonds. The first kappa shape index (κ1) is 9.83. The molecule has 72 valence electrons. The van der Waals surface area contributed by atoms with E-state index >= 15 is 0 Å². The van der Waals surface area contributed by atoms with E-state index in [0.29, 0.717) is 24.9 Å². The number of rotatable bonds is 4. The van der Waals surface area contributed by atoms with Crippen molar-refractivity contribution in [3.05, 3.63) is 11.9 Å². The molecule has 0 aromatic carbocycles. The van der Waals surface area contributed by atoms with Crippen LogP contribution in [0.3, 0.4) is 0 Å². The second kappa shape index (κ2) is 3.64. The van der Waals surface area contributed by atoms with Crippen LogP contribution in [0.5, 0.6) is 0 Å². The maximum atomic E-state index is 13.1. The van der Waals surface area contributed by atoms with Crippen LogP contribution in [0.2, 0.25) is 0 Å². The van der Waals surface area contributed by atoms with E-state index < -0.39 is 5.67 Å². The third-order valence-corrected chi connectivity index (χ3v) is 1.69. The lowest BCUT2D eigenvalue weighted by atomic mass is 10.1. The summed E-state index contributed by atoms with van der Waals surface area (Å²) in [4.78, 5) is 10.4. The van der Waals surface area contributed by atoms with Gasteiger partial charge in [0.05, 0.1) is 6.20 Å². The first-order valence-electron chi connectivity index (χ1n) is 4.05. The molecule has 1 aromatic rings. The average molecular weight is 185 g/mol. The summed E-state index contributed by atoms with van der Waals surface area (Å²) in [6.45, 7) is 3.35. The molecule has 5 heteroatoms. The Labute approximate surface area is 75.7 Å². The first-order valence-corrected chi connectivity index (χ1v) is 4.05. The molecular weight excluding hydrogens is 173 g/mol. The number of alkyl halides is 1. The molecule has 0 spiro atoms. The van der Waals surface area contributed by atoms with Gasteiger partial charge in [-0.25, -0.2) is 9.07 Å². The number of nitrogens with zero attached hydrogens (tertiary/aromatic N) is 3. The smallest absolute Gasteiger partial charge is 0.169 e. The van der Waals surface area contributed by atoms with E-state index in [0.717, 1.165) is 0 Å². The molecule has 0 aliphatic carbocycles. The number of hydrogen-bond acceptors (Lipinski definition) is 3. The number of aromatic nitrogens is 3. The number of aryl methyl sites for hydroxylation is 1. The molecule has 0 radical (unpaired) electrons. The monoisotopic (exact) mass is 185 g/mol. The fraction of sp³-hybridized carbons (Fsp3) is 0.625. The summed E-state index contributed by atoms with van der Waals surface area (Å²) in [6, 6.07) is 0. The van der Waals surface area contributed by atoms with E-state index in [4.69, 9.17) is 0 Å². The summed E-state index contributed by atoms with van der Waals surface area (Å²) < 4.78 is 14.5. The van der Waals surface area contributed by atoms with Crippen molar-refractivity contribution in [2.45, 2.75) is 32.5 Å². The zero-order chi connectivity index (χ0) is 9.90. The third-order valence-electron chi connectivity index (χ3n) is 1.69.